The highest BCUT2D eigenvalue weighted by Crippen LogP contribution is 2.21. The molecule has 1 N–H and O–H groups in total. The maximum absolute atomic E-state index is 13.6. The van der Waals surface area contributed by atoms with Crippen molar-refractivity contribution in [2.45, 2.75) is 0 Å². The van der Waals surface area contributed by atoms with Crippen LogP contribution in [-0.4, -0.2) is 36.3 Å². The lowest BCUT2D eigenvalue weighted by Gasteiger charge is -2.27. The van der Waals surface area contributed by atoms with Crippen molar-refractivity contribution in [2.75, 3.05) is 36.5 Å². The number of rotatable bonds is 3. The lowest BCUT2D eigenvalue weighted by molar-refractivity contribution is 0.122. The Bertz CT molecular complexity index is 632. The van der Waals surface area contributed by atoms with Crippen LogP contribution in [0.1, 0.15) is 0 Å². The van der Waals surface area contributed by atoms with Gasteiger partial charge in [0.05, 0.1) is 18.9 Å². The summed E-state index contributed by atoms with van der Waals surface area (Å²) in [6.07, 6.45) is 1.41. The summed E-state index contributed by atoms with van der Waals surface area (Å²) in [5, 5.41) is 2.83. The summed E-state index contributed by atoms with van der Waals surface area (Å²) in [4.78, 5) is 10.3. The number of ether oxygens (including phenoxy) is 1. The molecule has 0 saturated carbocycles. The SMILES string of the molecule is Fc1ccc(Nc2cc(N3CCOCC3)ncn2)c(F)c1. The molecule has 2 aromatic rings. The average molecular weight is 292 g/mol. The van der Waals surface area contributed by atoms with Gasteiger partial charge < -0.3 is 15.0 Å². The number of nitrogens with zero attached hydrogens (tertiary/aromatic N) is 3. The summed E-state index contributed by atoms with van der Waals surface area (Å²) >= 11 is 0. The van der Waals surface area contributed by atoms with E-state index in [0.29, 0.717) is 19.0 Å². The van der Waals surface area contributed by atoms with E-state index in [1.807, 2.05) is 0 Å². The fourth-order valence-electron chi connectivity index (χ4n) is 2.11. The first kappa shape index (κ1) is 13.7. The van der Waals surface area contributed by atoms with Crippen LogP contribution in [0, 0.1) is 11.6 Å². The highest BCUT2D eigenvalue weighted by Gasteiger charge is 2.13. The molecule has 1 aromatic carbocycles. The predicted octanol–water partition coefficient (Wildman–Crippen LogP) is 2.33. The minimum absolute atomic E-state index is 0.169. The van der Waals surface area contributed by atoms with Crippen LogP contribution in [0.2, 0.25) is 0 Å². The number of anilines is 3. The van der Waals surface area contributed by atoms with Gasteiger partial charge in [-0.15, -0.1) is 0 Å². The third-order valence-electron chi connectivity index (χ3n) is 3.18. The van der Waals surface area contributed by atoms with Gasteiger partial charge in [0.2, 0.25) is 0 Å². The van der Waals surface area contributed by atoms with E-state index in [1.54, 1.807) is 6.07 Å². The molecular weight excluding hydrogens is 278 g/mol. The minimum atomic E-state index is -0.665. The first-order valence-corrected chi connectivity index (χ1v) is 6.59. The molecule has 7 heteroatoms. The van der Waals surface area contributed by atoms with Gasteiger partial charge in [0.15, 0.2) is 0 Å². The summed E-state index contributed by atoms with van der Waals surface area (Å²) in [6.45, 7) is 2.81. The van der Waals surface area contributed by atoms with Gasteiger partial charge in [0.1, 0.15) is 29.6 Å². The molecule has 1 aliphatic rings. The maximum atomic E-state index is 13.6. The van der Waals surface area contributed by atoms with E-state index in [1.165, 1.54) is 18.5 Å². The van der Waals surface area contributed by atoms with Gasteiger partial charge in [-0.3, -0.25) is 0 Å². The van der Waals surface area contributed by atoms with Crippen molar-refractivity contribution in [3.8, 4) is 0 Å². The van der Waals surface area contributed by atoms with Crippen molar-refractivity contribution in [3.63, 3.8) is 0 Å². The Hall–Kier alpha value is -2.28. The van der Waals surface area contributed by atoms with E-state index >= 15 is 0 Å². The van der Waals surface area contributed by atoms with Crippen LogP contribution in [-0.2, 0) is 4.74 Å². The number of nitrogens with one attached hydrogen (secondary N) is 1. The topological polar surface area (TPSA) is 50.3 Å². The zero-order chi connectivity index (χ0) is 14.7. The maximum Gasteiger partial charge on any atom is 0.149 e. The summed E-state index contributed by atoms with van der Waals surface area (Å²) in [5.74, 6) is -0.0772. The molecule has 1 fully saturated rings. The summed E-state index contributed by atoms with van der Waals surface area (Å²) in [5.41, 5.74) is 0.169. The van der Waals surface area contributed by atoms with Gasteiger partial charge in [-0.25, -0.2) is 18.7 Å². The molecule has 0 unspecified atom stereocenters. The lowest BCUT2D eigenvalue weighted by atomic mass is 10.3. The molecule has 0 aliphatic carbocycles. The molecule has 1 saturated heterocycles. The average Bonchev–Trinajstić information content (AvgIpc) is 2.51. The normalized spacial score (nSPS) is 15.0. The van der Waals surface area contributed by atoms with Gasteiger partial charge in [-0.1, -0.05) is 0 Å². The number of benzene rings is 1. The van der Waals surface area contributed by atoms with Crippen LogP contribution >= 0.6 is 0 Å². The highest BCUT2D eigenvalue weighted by molar-refractivity contribution is 5.59. The Labute approximate surface area is 120 Å². The third kappa shape index (κ3) is 3.25. The van der Waals surface area contributed by atoms with Crippen LogP contribution in [0.4, 0.5) is 26.1 Å². The van der Waals surface area contributed by atoms with Gasteiger partial charge in [-0.2, -0.15) is 0 Å². The van der Waals surface area contributed by atoms with E-state index in [0.717, 1.165) is 25.0 Å². The summed E-state index contributed by atoms with van der Waals surface area (Å²) < 4.78 is 31.8. The first-order valence-electron chi connectivity index (χ1n) is 6.59. The lowest BCUT2D eigenvalue weighted by Crippen LogP contribution is -2.36. The van der Waals surface area contributed by atoms with Crippen LogP contribution in [0.25, 0.3) is 0 Å². The smallest absolute Gasteiger partial charge is 0.149 e. The van der Waals surface area contributed by atoms with E-state index < -0.39 is 11.6 Å². The number of hydrogen-bond acceptors (Lipinski definition) is 5. The molecule has 2 heterocycles. The van der Waals surface area contributed by atoms with Crippen LogP contribution in [0.3, 0.4) is 0 Å². The molecule has 0 radical (unpaired) electrons. The Morgan fingerprint density at radius 3 is 2.67 bits per heavy atom. The zero-order valence-corrected chi connectivity index (χ0v) is 11.2. The first-order chi connectivity index (χ1) is 10.2. The molecule has 3 rings (SSSR count). The van der Waals surface area contributed by atoms with Gasteiger partial charge in [0.25, 0.3) is 0 Å². The minimum Gasteiger partial charge on any atom is -0.378 e. The van der Waals surface area contributed by atoms with Crippen molar-refractivity contribution >= 4 is 17.3 Å². The quantitative estimate of drug-likeness (QED) is 0.941. The molecule has 1 aliphatic heterocycles. The Balaban J connectivity index is 1.79. The monoisotopic (exact) mass is 292 g/mol. The molecule has 0 bridgehead atoms. The molecule has 21 heavy (non-hydrogen) atoms. The summed E-state index contributed by atoms with van der Waals surface area (Å²) in [7, 11) is 0. The van der Waals surface area contributed by atoms with E-state index in [4.69, 9.17) is 4.74 Å². The molecule has 0 atom stereocenters. The van der Waals surface area contributed by atoms with Crippen molar-refractivity contribution in [1.82, 2.24) is 9.97 Å². The van der Waals surface area contributed by atoms with Crippen molar-refractivity contribution in [3.05, 3.63) is 42.2 Å². The number of aromatic nitrogens is 2. The van der Waals surface area contributed by atoms with Crippen LogP contribution in [0.15, 0.2) is 30.6 Å². The Kier molecular flexibility index (Phi) is 3.92. The molecule has 0 amide bonds. The molecule has 0 spiro atoms. The van der Waals surface area contributed by atoms with E-state index in [2.05, 4.69) is 20.2 Å². The fourth-order valence-corrected chi connectivity index (χ4v) is 2.11. The van der Waals surface area contributed by atoms with Crippen LogP contribution < -0.4 is 10.2 Å². The Morgan fingerprint density at radius 1 is 1.10 bits per heavy atom. The number of morpholine rings is 1. The number of hydrogen-bond donors (Lipinski definition) is 1. The predicted molar refractivity (Wildman–Crippen MR) is 74.7 cm³/mol. The molecule has 1 aromatic heterocycles. The fraction of sp³-hybridized carbons (Fsp3) is 0.286. The van der Waals surface area contributed by atoms with E-state index in [9.17, 15) is 8.78 Å². The van der Waals surface area contributed by atoms with Crippen molar-refractivity contribution < 1.29 is 13.5 Å². The summed E-state index contributed by atoms with van der Waals surface area (Å²) in [6, 6.07) is 5.08. The van der Waals surface area contributed by atoms with Crippen molar-refractivity contribution in [2.24, 2.45) is 0 Å². The van der Waals surface area contributed by atoms with E-state index in [-0.39, 0.29) is 5.69 Å². The van der Waals surface area contributed by atoms with Crippen LogP contribution in [0.5, 0.6) is 0 Å². The molecular formula is C14H14F2N4O. The zero-order valence-electron chi connectivity index (χ0n) is 11.2. The second-order valence-corrected chi connectivity index (χ2v) is 4.61. The van der Waals surface area contributed by atoms with Gasteiger partial charge in [-0.05, 0) is 12.1 Å². The van der Waals surface area contributed by atoms with Gasteiger partial charge in [0, 0.05) is 25.2 Å². The third-order valence-corrected chi connectivity index (χ3v) is 3.18. The highest BCUT2D eigenvalue weighted by atomic mass is 19.1. The Morgan fingerprint density at radius 2 is 1.90 bits per heavy atom. The largest absolute Gasteiger partial charge is 0.378 e. The van der Waals surface area contributed by atoms with Crippen molar-refractivity contribution in [1.29, 1.82) is 0 Å². The molecule has 110 valence electrons. The molecule has 5 nitrogen and oxygen atoms in total. The second kappa shape index (κ2) is 6.01. The standard InChI is InChI=1S/C14H14F2N4O/c15-10-1-2-12(11(16)7-10)19-13-8-14(18-9-17-13)20-3-5-21-6-4-20/h1-2,7-9H,3-6H2,(H,17,18,19). The van der Waals surface area contributed by atoms with Gasteiger partial charge >= 0.3 is 0 Å². The number of halogens is 2. The second-order valence-electron chi connectivity index (χ2n) is 4.61.